The molecule has 66 valence electrons. The zero-order chi connectivity index (χ0) is 9.28. The second-order valence-corrected chi connectivity index (χ2v) is 2.32. The summed E-state index contributed by atoms with van der Waals surface area (Å²) in [5, 5.41) is 1.04. The Kier molecular flexibility index (Phi) is 11.4. The fourth-order valence-corrected chi connectivity index (χ4v) is 0.879. The standard InChI is InChI=1S/C4H6N2S.2C2H6/c1-3-5-4(2)7-6-3;2*1-2/h1-2H3;2*1-2H3. The lowest BCUT2D eigenvalue weighted by atomic mass is 10.7. The molecule has 3 heteroatoms. The molecule has 0 saturated carbocycles. The number of nitrogens with zero attached hydrogens (tertiary/aromatic N) is 2. The Morgan fingerprint density at radius 3 is 1.55 bits per heavy atom. The number of aromatic nitrogens is 2. The fraction of sp³-hybridized carbons (Fsp3) is 0.750. The highest BCUT2D eigenvalue weighted by atomic mass is 32.1. The van der Waals surface area contributed by atoms with Gasteiger partial charge in [0.05, 0.1) is 0 Å². The molecular formula is C8H18N2S. The molecule has 0 aliphatic rings. The summed E-state index contributed by atoms with van der Waals surface area (Å²) < 4.78 is 3.95. The Morgan fingerprint density at radius 1 is 1.00 bits per heavy atom. The fourth-order valence-electron chi connectivity index (χ4n) is 0.401. The minimum Gasteiger partial charge on any atom is -0.225 e. The van der Waals surface area contributed by atoms with Crippen LogP contribution in [0, 0.1) is 13.8 Å². The molecule has 1 aromatic heterocycles. The van der Waals surface area contributed by atoms with Crippen molar-refractivity contribution in [1.29, 1.82) is 0 Å². The lowest BCUT2D eigenvalue weighted by Gasteiger charge is -1.67. The van der Waals surface area contributed by atoms with E-state index in [9.17, 15) is 0 Å². The summed E-state index contributed by atoms with van der Waals surface area (Å²) in [4.78, 5) is 4.02. The second-order valence-electron chi connectivity index (χ2n) is 1.36. The number of hydrogen-bond acceptors (Lipinski definition) is 3. The van der Waals surface area contributed by atoms with Crippen LogP contribution in [0.5, 0.6) is 0 Å². The van der Waals surface area contributed by atoms with E-state index >= 15 is 0 Å². The van der Waals surface area contributed by atoms with Crippen molar-refractivity contribution in [2.45, 2.75) is 41.5 Å². The first kappa shape index (κ1) is 13.2. The van der Waals surface area contributed by atoms with Crippen LogP contribution in [0.1, 0.15) is 38.5 Å². The maximum Gasteiger partial charge on any atom is 0.139 e. The Morgan fingerprint density at radius 2 is 1.45 bits per heavy atom. The van der Waals surface area contributed by atoms with Crippen LogP contribution in [-0.4, -0.2) is 9.36 Å². The van der Waals surface area contributed by atoms with Crippen LogP contribution < -0.4 is 0 Å². The van der Waals surface area contributed by atoms with Gasteiger partial charge in [-0.15, -0.1) is 0 Å². The number of hydrogen-bond donors (Lipinski definition) is 0. The first-order valence-electron chi connectivity index (χ1n) is 4.06. The van der Waals surface area contributed by atoms with Gasteiger partial charge in [0.25, 0.3) is 0 Å². The van der Waals surface area contributed by atoms with E-state index in [2.05, 4.69) is 9.36 Å². The molecule has 0 spiro atoms. The zero-order valence-corrected chi connectivity index (χ0v) is 9.12. The molecule has 1 aromatic rings. The zero-order valence-electron chi connectivity index (χ0n) is 8.30. The normalized spacial score (nSPS) is 7.09. The first-order chi connectivity index (χ1) is 5.29. The van der Waals surface area contributed by atoms with Gasteiger partial charge in [-0.3, -0.25) is 0 Å². The van der Waals surface area contributed by atoms with E-state index in [0.717, 1.165) is 10.8 Å². The molecule has 0 atom stereocenters. The minimum atomic E-state index is 0.877. The summed E-state index contributed by atoms with van der Waals surface area (Å²) >= 11 is 1.44. The molecule has 0 radical (unpaired) electrons. The van der Waals surface area contributed by atoms with Crippen LogP contribution in [0.15, 0.2) is 0 Å². The maximum atomic E-state index is 4.02. The topological polar surface area (TPSA) is 25.8 Å². The van der Waals surface area contributed by atoms with Gasteiger partial charge >= 0.3 is 0 Å². The average molecular weight is 174 g/mol. The van der Waals surface area contributed by atoms with E-state index in [4.69, 9.17) is 0 Å². The molecule has 0 saturated heterocycles. The van der Waals surface area contributed by atoms with Gasteiger partial charge in [-0.05, 0) is 25.4 Å². The third-order valence-corrected chi connectivity index (χ3v) is 1.34. The van der Waals surface area contributed by atoms with Crippen molar-refractivity contribution < 1.29 is 0 Å². The third-order valence-electron chi connectivity index (χ3n) is 0.629. The summed E-state index contributed by atoms with van der Waals surface area (Å²) in [6.45, 7) is 11.8. The van der Waals surface area contributed by atoms with E-state index in [1.807, 2.05) is 41.5 Å². The van der Waals surface area contributed by atoms with E-state index in [1.54, 1.807) is 0 Å². The molecule has 0 unspecified atom stereocenters. The van der Waals surface area contributed by atoms with Crippen molar-refractivity contribution >= 4 is 11.5 Å². The monoisotopic (exact) mass is 174 g/mol. The number of rotatable bonds is 0. The van der Waals surface area contributed by atoms with Gasteiger partial charge in [-0.1, -0.05) is 27.7 Å². The van der Waals surface area contributed by atoms with Crippen LogP contribution in [0.3, 0.4) is 0 Å². The van der Waals surface area contributed by atoms with Crippen LogP contribution in [-0.2, 0) is 0 Å². The van der Waals surface area contributed by atoms with Gasteiger partial charge in [0.2, 0.25) is 0 Å². The third kappa shape index (κ3) is 7.46. The Labute approximate surface area is 73.9 Å². The molecule has 1 heterocycles. The van der Waals surface area contributed by atoms with E-state index in [0.29, 0.717) is 0 Å². The molecule has 0 bridgehead atoms. The van der Waals surface area contributed by atoms with Crippen molar-refractivity contribution in [1.82, 2.24) is 9.36 Å². The molecule has 2 nitrogen and oxygen atoms in total. The SMILES string of the molecule is CC.CC.Cc1nsc(C)n1. The largest absolute Gasteiger partial charge is 0.225 e. The summed E-state index contributed by atoms with van der Waals surface area (Å²) in [6, 6.07) is 0. The number of aryl methyl sites for hydroxylation is 2. The van der Waals surface area contributed by atoms with E-state index < -0.39 is 0 Å². The van der Waals surface area contributed by atoms with Gasteiger partial charge in [0.15, 0.2) is 0 Å². The maximum absolute atomic E-state index is 4.02. The minimum absolute atomic E-state index is 0.877. The predicted octanol–water partition coefficient (Wildman–Crippen LogP) is 3.21. The van der Waals surface area contributed by atoms with Gasteiger partial charge in [0.1, 0.15) is 10.8 Å². The molecule has 0 amide bonds. The van der Waals surface area contributed by atoms with E-state index in [1.165, 1.54) is 11.5 Å². The predicted molar refractivity (Wildman–Crippen MR) is 52.1 cm³/mol. The molecule has 11 heavy (non-hydrogen) atoms. The van der Waals surface area contributed by atoms with Crippen molar-refractivity contribution in [3.05, 3.63) is 10.8 Å². The smallest absolute Gasteiger partial charge is 0.139 e. The molecular weight excluding hydrogens is 156 g/mol. The van der Waals surface area contributed by atoms with Gasteiger partial charge < -0.3 is 0 Å². The summed E-state index contributed by atoms with van der Waals surface area (Å²) in [7, 11) is 0. The van der Waals surface area contributed by atoms with Crippen molar-refractivity contribution in [2.75, 3.05) is 0 Å². The highest BCUT2D eigenvalue weighted by Gasteiger charge is 1.88. The Hall–Kier alpha value is -0.440. The molecule has 1 rings (SSSR count). The molecule has 0 aliphatic heterocycles. The van der Waals surface area contributed by atoms with Crippen LogP contribution in [0.25, 0.3) is 0 Å². The van der Waals surface area contributed by atoms with Gasteiger partial charge in [0, 0.05) is 0 Å². The average Bonchev–Trinajstić information content (AvgIpc) is 2.43. The van der Waals surface area contributed by atoms with Crippen molar-refractivity contribution in [3.8, 4) is 0 Å². The van der Waals surface area contributed by atoms with Crippen LogP contribution in [0.4, 0.5) is 0 Å². The van der Waals surface area contributed by atoms with Crippen molar-refractivity contribution in [3.63, 3.8) is 0 Å². The Bertz CT molecular complexity index is 144. The van der Waals surface area contributed by atoms with Crippen molar-refractivity contribution in [2.24, 2.45) is 0 Å². The molecule has 0 aromatic carbocycles. The molecule has 0 fully saturated rings. The van der Waals surface area contributed by atoms with Crippen LogP contribution in [0.2, 0.25) is 0 Å². The second kappa shape index (κ2) is 9.56. The van der Waals surface area contributed by atoms with Gasteiger partial charge in [-0.2, -0.15) is 4.37 Å². The Balaban J connectivity index is 0. The van der Waals surface area contributed by atoms with Crippen LogP contribution >= 0.6 is 11.5 Å². The lowest BCUT2D eigenvalue weighted by Crippen LogP contribution is -1.70. The quantitative estimate of drug-likeness (QED) is 0.603. The summed E-state index contributed by atoms with van der Waals surface area (Å²) in [5.41, 5.74) is 0. The molecule has 0 aliphatic carbocycles. The summed E-state index contributed by atoms with van der Waals surface area (Å²) in [6.07, 6.45) is 0. The first-order valence-corrected chi connectivity index (χ1v) is 4.83. The van der Waals surface area contributed by atoms with Gasteiger partial charge in [-0.25, -0.2) is 4.98 Å². The van der Waals surface area contributed by atoms with E-state index in [-0.39, 0.29) is 0 Å². The summed E-state index contributed by atoms with van der Waals surface area (Å²) in [5.74, 6) is 0.877. The highest BCUT2D eigenvalue weighted by Crippen LogP contribution is 1.98. The lowest BCUT2D eigenvalue weighted by molar-refractivity contribution is 1.13. The molecule has 0 N–H and O–H groups in total. The highest BCUT2D eigenvalue weighted by molar-refractivity contribution is 7.05.